The minimum atomic E-state index is -0.242. The summed E-state index contributed by atoms with van der Waals surface area (Å²) in [5.41, 5.74) is 0.835. The lowest BCUT2D eigenvalue weighted by atomic mass is 10.2. The molecule has 0 radical (unpaired) electrons. The van der Waals surface area contributed by atoms with Gasteiger partial charge in [0.1, 0.15) is 5.82 Å². The number of aliphatic imine (C=N–C) groups is 1. The zero-order chi connectivity index (χ0) is 14.3. The van der Waals surface area contributed by atoms with Crippen LogP contribution in [0.15, 0.2) is 27.7 Å². The van der Waals surface area contributed by atoms with E-state index >= 15 is 0 Å². The second-order valence-electron chi connectivity index (χ2n) is 4.71. The lowest BCUT2D eigenvalue weighted by molar-refractivity contribution is 0.614. The maximum atomic E-state index is 13.2. The molecule has 0 saturated heterocycles. The Morgan fingerprint density at radius 1 is 1.35 bits per heavy atom. The minimum Gasteiger partial charge on any atom is -0.357 e. The summed E-state index contributed by atoms with van der Waals surface area (Å²) in [5, 5.41) is 6.43. The number of hydrogen-bond acceptors (Lipinski definition) is 1. The SMILES string of the molecule is CCNC(=NCc1cc(F)ccc1Br)NCC(C)C.I. The molecular weight excluding hydrogens is 436 g/mol. The fourth-order valence-corrected chi connectivity index (χ4v) is 1.84. The summed E-state index contributed by atoms with van der Waals surface area (Å²) in [7, 11) is 0. The van der Waals surface area contributed by atoms with Crippen molar-refractivity contribution in [2.75, 3.05) is 13.1 Å². The van der Waals surface area contributed by atoms with Crippen LogP contribution in [0.2, 0.25) is 0 Å². The lowest BCUT2D eigenvalue weighted by Crippen LogP contribution is -2.39. The van der Waals surface area contributed by atoms with E-state index in [1.54, 1.807) is 6.07 Å². The molecule has 6 heteroatoms. The van der Waals surface area contributed by atoms with Gasteiger partial charge in [-0.15, -0.1) is 24.0 Å². The van der Waals surface area contributed by atoms with E-state index in [2.05, 4.69) is 45.4 Å². The molecule has 0 unspecified atom stereocenters. The highest BCUT2D eigenvalue weighted by Crippen LogP contribution is 2.18. The first kappa shape index (κ1) is 19.6. The number of hydrogen-bond donors (Lipinski definition) is 2. The Balaban J connectivity index is 0.00000361. The van der Waals surface area contributed by atoms with Crippen LogP contribution < -0.4 is 10.6 Å². The van der Waals surface area contributed by atoms with E-state index in [4.69, 9.17) is 0 Å². The van der Waals surface area contributed by atoms with Crippen molar-refractivity contribution in [3.63, 3.8) is 0 Å². The van der Waals surface area contributed by atoms with Gasteiger partial charge >= 0.3 is 0 Å². The first-order valence-electron chi connectivity index (χ1n) is 6.49. The van der Waals surface area contributed by atoms with Crippen molar-refractivity contribution >= 4 is 45.9 Å². The van der Waals surface area contributed by atoms with Crippen LogP contribution in [0.5, 0.6) is 0 Å². The van der Waals surface area contributed by atoms with Gasteiger partial charge in [0.2, 0.25) is 0 Å². The molecule has 0 amide bonds. The fraction of sp³-hybridized carbons (Fsp3) is 0.500. The highest BCUT2D eigenvalue weighted by Gasteiger charge is 2.03. The Bertz CT molecular complexity index is 438. The van der Waals surface area contributed by atoms with Crippen LogP contribution in [0.4, 0.5) is 4.39 Å². The highest BCUT2D eigenvalue weighted by molar-refractivity contribution is 14.0. The van der Waals surface area contributed by atoms with E-state index < -0.39 is 0 Å². The highest BCUT2D eigenvalue weighted by atomic mass is 127. The smallest absolute Gasteiger partial charge is 0.191 e. The van der Waals surface area contributed by atoms with Crippen LogP contribution in [-0.2, 0) is 6.54 Å². The van der Waals surface area contributed by atoms with Crippen molar-refractivity contribution in [2.45, 2.75) is 27.3 Å². The Hall–Kier alpha value is -0.370. The van der Waals surface area contributed by atoms with E-state index in [1.807, 2.05) is 6.92 Å². The molecule has 114 valence electrons. The van der Waals surface area contributed by atoms with Gasteiger partial charge in [-0.25, -0.2) is 9.38 Å². The third kappa shape index (κ3) is 7.42. The van der Waals surface area contributed by atoms with Gasteiger partial charge in [0.05, 0.1) is 6.54 Å². The van der Waals surface area contributed by atoms with Gasteiger partial charge in [-0.2, -0.15) is 0 Å². The number of nitrogens with zero attached hydrogens (tertiary/aromatic N) is 1. The maximum Gasteiger partial charge on any atom is 0.191 e. The Morgan fingerprint density at radius 2 is 2.05 bits per heavy atom. The standard InChI is InChI=1S/C14H21BrFN3.HI/c1-4-17-14(18-8-10(2)3)19-9-11-7-12(16)5-6-13(11)15;/h5-7,10H,4,8-9H2,1-3H3,(H2,17,18,19);1H. The molecule has 0 heterocycles. The molecule has 0 spiro atoms. The fourth-order valence-electron chi connectivity index (χ4n) is 1.47. The molecule has 1 rings (SSSR count). The molecule has 20 heavy (non-hydrogen) atoms. The molecule has 0 bridgehead atoms. The van der Waals surface area contributed by atoms with Crippen LogP contribution in [0.25, 0.3) is 0 Å². The van der Waals surface area contributed by atoms with Crippen LogP contribution in [0.3, 0.4) is 0 Å². The Morgan fingerprint density at radius 3 is 2.65 bits per heavy atom. The van der Waals surface area contributed by atoms with Crippen molar-refractivity contribution in [2.24, 2.45) is 10.9 Å². The number of guanidine groups is 1. The second-order valence-corrected chi connectivity index (χ2v) is 5.56. The average Bonchev–Trinajstić information content (AvgIpc) is 2.36. The van der Waals surface area contributed by atoms with Crippen LogP contribution >= 0.6 is 39.9 Å². The maximum absolute atomic E-state index is 13.2. The molecular formula is C14H22BrFIN3. The van der Waals surface area contributed by atoms with E-state index in [9.17, 15) is 4.39 Å². The predicted molar refractivity (Wildman–Crippen MR) is 97.2 cm³/mol. The average molecular weight is 458 g/mol. The zero-order valence-corrected chi connectivity index (χ0v) is 16.0. The topological polar surface area (TPSA) is 36.4 Å². The summed E-state index contributed by atoms with van der Waals surface area (Å²) in [6.07, 6.45) is 0. The van der Waals surface area contributed by atoms with E-state index in [1.165, 1.54) is 12.1 Å². The summed E-state index contributed by atoms with van der Waals surface area (Å²) in [5.74, 6) is 1.06. The van der Waals surface area contributed by atoms with Crippen LogP contribution in [0.1, 0.15) is 26.3 Å². The molecule has 0 fully saturated rings. The van der Waals surface area contributed by atoms with Crippen LogP contribution in [0, 0.1) is 11.7 Å². The molecule has 1 aromatic rings. The van der Waals surface area contributed by atoms with E-state index in [0.29, 0.717) is 12.5 Å². The molecule has 3 nitrogen and oxygen atoms in total. The normalized spacial score (nSPS) is 11.2. The van der Waals surface area contributed by atoms with Crippen molar-refractivity contribution in [3.8, 4) is 0 Å². The lowest BCUT2D eigenvalue weighted by Gasteiger charge is -2.13. The summed E-state index contributed by atoms with van der Waals surface area (Å²) in [6.45, 7) is 8.39. The monoisotopic (exact) mass is 457 g/mol. The molecule has 0 aliphatic heterocycles. The largest absolute Gasteiger partial charge is 0.357 e. The van der Waals surface area contributed by atoms with Gasteiger partial charge in [0, 0.05) is 17.6 Å². The van der Waals surface area contributed by atoms with E-state index in [-0.39, 0.29) is 29.8 Å². The van der Waals surface area contributed by atoms with Gasteiger partial charge in [-0.3, -0.25) is 0 Å². The molecule has 0 aromatic heterocycles. The Labute approximate surface area is 146 Å². The summed E-state index contributed by atoms with van der Waals surface area (Å²) in [4.78, 5) is 4.46. The van der Waals surface area contributed by atoms with Crippen LogP contribution in [-0.4, -0.2) is 19.0 Å². The zero-order valence-electron chi connectivity index (χ0n) is 12.0. The van der Waals surface area contributed by atoms with Gasteiger partial charge < -0.3 is 10.6 Å². The van der Waals surface area contributed by atoms with Gasteiger partial charge in [0.25, 0.3) is 0 Å². The molecule has 1 aromatic carbocycles. The van der Waals surface area contributed by atoms with Crippen molar-refractivity contribution in [1.82, 2.24) is 10.6 Å². The van der Waals surface area contributed by atoms with Crippen molar-refractivity contribution in [1.29, 1.82) is 0 Å². The van der Waals surface area contributed by atoms with Gasteiger partial charge in [-0.05, 0) is 36.6 Å². The van der Waals surface area contributed by atoms with E-state index in [0.717, 1.165) is 29.1 Å². The van der Waals surface area contributed by atoms with Gasteiger partial charge in [-0.1, -0.05) is 29.8 Å². The second kappa shape index (κ2) is 10.4. The number of halogens is 3. The van der Waals surface area contributed by atoms with Crippen molar-refractivity contribution < 1.29 is 4.39 Å². The molecule has 0 saturated carbocycles. The van der Waals surface area contributed by atoms with Crippen molar-refractivity contribution in [3.05, 3.63) is 34.1 Å². The number of nitrogens with one attached hydrogen (secondary N) is 2. The quantitative estimate of drug-likeness (QED) is 0.399. The summed E-state index contributed by atoms with van der Waals surface area (Å²) >= 11 is 3.41. The first-order chi connectivity index (χ1) is 9.02. The summed E-state index contributed by atoms with van der Waals surface area (Å²) in [6, 6.07) is 4.63. The Kier molecular flexibility index (Phi) is 10.2. The summed E-state index contributed by atoms with van der Waals surface area (Å²) < 4.78 is 14.0. The molecule has 0 aliphatic rings. The third-order valence-corrected chi connectivity index (χ3v) is 3.21. The molecule has 0 atom stereocenters. The minimum absolute atomic E-state index is 0. The third-order valence-electron chi connectivity index (χ3n) is 2.44. The molecule has 2 N–H and O–H groups in total. The first-order valence-corrected chi connectivity index (χ1v) is 7.28. The number of benzene rings is 1. The predicted octanol–water partition coefficient (Wildman–Crippen LogP) is 3.92. The van der Waals surface area contributed by atoms with Gasteiger partial charge in [0.15, 0.2) is 5.96 Å². The number of rotatable bonds is 5. The molecule has 0 aliphatic carbocycles.